The Hall–Kier alpha value is -1.38. The van der Waals surface area contributed by atoms with Crippen molar-refractivity contribution in [3.05, 3.63) is 30.1 Å². The molecule has 1 aliphatic carbocycles. The van der Waals surface area contributed by atoms with Crippen molar-refractivity contribution < 1.29 is 4.79 Å². The molecule has 1 aromatic rings. The maximum absolute atomic E-state index is 11.8. The molecule has 2 rings (SSSR count). The summed E-state index contributed by atoms with van der Waals surface area (Å²) in [5.41, 5.74) is 0.677. The van der Waals surface area contributed by atoms with Crippen LogP contribution in [0.4, 0.5) is 0 Å². The van der Waals surface area contributed by atoms with Crippen molar-refractivity contribution in [1.82, 2.24) is 9.88 Å². The third kappa shape index (κ3) is 2.10. The molecule has 1 heterocycles. The molecule has 1 aliphatic rings. The van der Waals surface area contributed by atoms with Crippen LogP contribution < -0.4 is 0 Å². The third-order valence-electron chi connectivity index (χ3n) is 2.48. The number of pyridine rings is 1. The lowest BCUT2D eigenvalue weighted by atomic mass is 10.2. The second-order valence-corrected chi connectivity index (χ2v) is 3.87. The molecule has 3 nitrogen and oxygen atoms in total. The SMILES string of the molecule is CN(CC1CC1)C(=O)c1cccnc1. The minimum absolute atomic E-state index is 0.0741. The van der Waals surface area contributed by atoms with Crippen molar-refractivity contribution in [1.29, 1.82) is 0 Å². The molecule has 1 amide bonds. The van der Waals surface area contributed by atoms with E-state index in [1.807, 2.05) is 7.05 Å². The Balaban J connectivity index is 1.99. The molecule has 1 aromatic heterocycles. The first-order chi connectivity index (χ1) is 6.77. The molecule has 0 aromatic carbocycles. The predicted molar refractivity (Wildman–Crippen MR) is 53.9 cm³/mol. The number of nitrogens with zero attached hydrogens (tertiary/aromatic N) is 2. The van der Waals surface area contributed by atoms with Gasteiger partial charge in [-0.3, -0.25) is 9.78 Å². The molecular weight excluding hydrogens is 176 g/mol. The number of carbonyl (C=O) groups excluding carboxylic acids is 1. The van der Waals surface area contributed by atoms with Crippen molar-refractivity contribution in [2.24, 2.45) is 5.92 Å². The zero-order chi connectivity index (χ0) is 9.97. The van der Waals surface area contributed by atoms with E-state index in [0.29, 0.717) is 5.56 Å². The molecule has 0 bridgehead atoms. The van der Waals surface area contributed by atoms with Crippen LogP contribution in [0.3, 0.4) is 0 Å². The largest absolute Gasteiger partial charge is 0.341 e. The number of aromatic nitrogens is 1. The highest BCUT2D eigenvalue weighted by molar-refractivity contribution is 5.93. The van der Waals surface area contributed by atoms with Crippen LogP contribution in [0.5, 0.6) is 0 Å². The Labute approximate surface area is 83.8 Å². The molecule has 0 unspecified atom stereocenters. The Morgan fingerprint density at radius 1 is 1.64 bits per heavy atom. The highest BCUT2D eigenvalue weighted by atomic mass is 16.2. The van der Waals surface area contributed by atoms with E-state index in [0.717, 1.165) is 12.5 Å². The summed E-state index contributed by atoms with van der Waals surface area (Å²) in [6.07, 6.45) is 5.83. The van der Waals surface area contributed by atoms with E-state index < -0.39 is 0 Å². The smallest absolute Gasteiger partial charge is 0.255 e. The quantitative estimate of drug-likeness (QED) is 0.724. The zero-order valence-corrected chi connectivity index (χ0v) is 8.31. The van der Waals surface area contributed by atoms with Gasteiger partial charge in [0.15, 0.2) is 0 Å². The molecule has 0 N–H and O–H groups in total. The number of hydrogen-bond donors (Lipinski definition) is 0. The average Bonchev–Trinajstić information content (AvgIpc) is 3.02. The molecule has 0 aliphatic heterocycles. The van der Waals surface area contributed by atoms with Crippen molar-refractivity contribution in [3.8, 4) is 0 Å². The van der Waals surface area contributed by atoms with Crippen LogP contribution in [0, 0.1) is 5.92 Å². The summed E-state index contributed by atoms with van der Waals surface area (Å²) >= 11 is 0. The first-order valence-corrected chi connectivity index (χ1v) is 4.93. The van der Waals surface area contributed by atoms with E-state index in [4.69, 9.17) is 0 Å². The molecule has 1 fully saturated rings. The summed E-state index contributed by atoms with van der Waals surface area (Å²) in [5, 5.41) is 0. The van der Waals surface area contributed by atoms with E-state index in [-0.39, 0.29) is 5.91 Å². The number of hydrogen-bond acceptors (Lipinski definition) is 2. The number of rotatable bonds is 3. The Morgan fingerprint density at radius 3 is 3.00 bits per heavy atom. The molecule has 0 radical (unpaired) electrons. The highest BCUT2D eigenvalue weighted by Gasteiger charge is 2.25. The normalized spacial score (nSPS) is 15.2. The van der Waals surface area contributed by atoms with Gasteiger partial charge in [-0.2, -0.15) is 0 Å². The summed E-state index contributed by atoms with van der Waals surface area (Å²) in [6.45, 7) is 0.883. The lowest BCUT2D eigenvalue weighted by Crippen LogP contribution is -2.28. The molecule has 0 spiro atoms. The van der Waals surface area contributed by atoms with Gasteiger partial charge >= 0.3 is 0 Å². The zero-order valence-electron chi connectivity index (χ0n) is 8.31. The first-order valence-electron chi connectivity index (χ1n) is 4.93. The van der Waals surface area contributed by atoms with Gasteiger partial charge in [0.1, 0.15) is 0 Å². The monoisotopic (exact) mass is 190 g/mol. The molecule has 1 saturated carbocycles. The van der Waals surface area contributed by atoms with Crippen molar-refractivity contribution in [2.75, 3.05) is 13.6 Å². The Bertz CT molecular complexity index is 319. The minimum atomic E-state index is 0.0741. The van der Waals surface area contributed by atoms with Gasteiger partial charge in [-0.15, -0.1) is 0 Å². The van der Waals surface area contributed by atoms with Gasteiger partial charge in [-0.25, -0.2) is 0 Å². The summed E-state index contributed by atoms with van der Waals surface area (Å²) < 4.78 is 0. The highest BCUT2D eigenvalue weighted by Crippen LogP contribution is 2.29. The van der Waals surface area contributed by atoms with Gasteiger partial charge in [0.25, 0.3) is 5.91 Å². The van der Waals surface area contributed by atoms with Crippen LogP contribution in [0.1, 0.15) is 23.2 Å². The topological polar surface area (TPSA) is 33.2 Å². The maximum atomic E-state index is 11.8. The van der Waals surface area contributed by atoms with Gasteiger partial charge in [0.2, 0.25) is 0 Å². The third-order valence-corrected chi connectivity index (χ3v) is 2.48. The van der Waals surface area contributed by atoms with E-state index in [2.05, 4.69) is 4.98 Å². The van der Waals surface area contributed by atoms with Crippen LogP contribution >= 0.6 is 0 Å². The molecule has 14 heavy (non-hydrogen) atoms. The number of carbonyl (C=O) groups is 1. The number of amides is 1. The lowest BCUT2D eigenvalue weighted by Gasteiger charge is -2.16. The fourth-order valence-electron chi connectivity index (χ4n) is 1.48. The van der Waals surface area contributed by atoms with Crippen molar-refractivity contribution in [2.45, 2.75) is 12.8 Å². The van der Waals surface area contributed by atoms with Crippen LogP contribution in [-0.2, 0) is 0 Å². The summed E-state index contributed by atoms with van der Waals surface area (Å²) in [5.74, 6) is 0.811. The van der Waals surface area contributed by atoms with E-state index >= 15 is 0 Å². The second-order valence-electron chi connectivity index (χ2n) is 3.87. The minimum Gasteiger partial charge on any atom is -0.341 e. The van der Waals surface area contributed by atoms with E-state index in [9.17, 15) is 4.79 Å². The van der Waals surface area contributed by atoms with Crippen LogP contribution in [0.25, 0.3) is 0 Å². The Morgan fingerprint density at radius 2 is 2.43 bits per heavy atom. The van der Waals surface area contributed by atoms with Gasteiger partial charge in [-0.1, -0.05) is 0 Å². The van der Waals surface area contributed by atoms with Crippen molar-refractivity contribution >= 4 is 5.91 Å². The average molecular weight is 190 g/mol. The lowest BCUT2D eigenvalue weighted by molar-refractivity contribution is 0.0788. The van der Waals surface area contributed by atoms with Gasteiger partial charge < -0.3 is 4.90 Å². The molecule has 3 heteroatoms. The first kappa shape index (κ1) is 9.19. The fraction of sp³-hybridized carbons (Fsp3) is 0.455. The van der Waals surface area contributed by atoms with E-state index in [1.54, 1.807) is 29.4 Å². The summed E-state index contributed by atoms with van der Waals surface area (Å²) in [4.78, 5) is 17.5. The van der Waals surface area contributed by atoms with Gasteiger partial charge in [-0.05, 0) is 30.9 Å². The second kappa shape index (κ2) is 3.78. The van der Waals surface area contributed by atoms with Crippen LogP contribution in [-0.4, -0.2) is 29.4 Å². The van der Waals surface area contributed by atoms with Crippen LogP contribution in [0.2, 0.25) is 0 Å². The molecular formula is C11H14N2O. The van der Waals surface area contributed by atoms with Gasteiger partial charge in [0.05, 0.1) is 5.56 Å². The molecule has 0 atom stereocenters. The predicted octanol–water partition coefficient (Wildman–Crippen LogP) is 1.56. The molecule has 74 valence electrons. The van der Waals surface area contributed by atoms with E-state index in [1.165, 1.54) is 12.8 Å². The van der Waals surface area contributed by atoms with Gasteiger partial charge in [0, 0.05) is 26.0 Å². The summed E-state index contributed by atoms with van der Waals surface area (Å²) in [7, 11) is 1.85. The standard InChI is InChI=1S/C11H14N2O/c1-13(8-9-4-5-9)11(14)10-3-2-6-12-7-10/h2-3,6-7,9H,4-5,8H2,1H3. The maximum Gasteiger partial charge on any atom is 0.255 e. The fourth-order valence-corrected chi connectivity index (χ4v) is 1.48. The summed E-state index contributed by atoms with van der Waals surface area (Å²) in [6, 6.07) is 3.59. The van der Waals surface area contributed by atoms with Crippen LogP contribution in [0.15, 0.2) is 24.5 Å². The van der Waals surface area contributed by atoms with Crippen molar-refractivity contribution in [3.63, 3.8) is 0 Å². The Kier molecular flexibility index (Phi) is 2.48. The molecule has 0 saturated heterocycles.